The molecule has 0 bridgehead atoms. The molecule has 1 amide bonds. The highest BCUT2D eigenvalue weighted by atomic mass is 16.5. The van der Waals surface area contributed by atoms with Crippen molar-refractivity contribution in [1.82, 2.24) is 0 Å². The summed E-state index contributed by atoms with van der Waals surface area (Å²) in [6.07, 6.45) is 1.40. The largest absolute Gasteiger partial charge is 0.398 e. The third-order valence-corrected chi connectivity index (χ3v) is 3.50. The standard InChI is InChI=1S/C15H22N2O3/c1-11-13(16)3-2-4-14(11)17-15(18)6-8-20-10-12-5-7-19-9-12/h2-4,12H,5-10,16H2,1H3,(H,17,18). The van der Waals surface area contributed by atoms with E-state index in [0.717, 1.165) is 30.9 Å². The summed E-state index contributed by atoms with van der Waals surface area (Å²) in [6.45, 7) is 4.59. The Kier molecular flexibility index (Phi) is 5.38. The molecule has 0 radical (unpaired) electrons. The van der Waals surface area contributed by atoms with E-state index in [-0.39, 0.29) is 5.91 Å². The zero-order valence-corrected chi connectivity index (χ0v) is 11.9. The number of hydrogen-bond acceptors (Lipinski definition) is 4. The van der Waals surface area contributed by atoms with E-state index in [1.165, 1.54) is 0 Å². The lowest BCUT2D eigenvalue weighted by Gasteiger charge is -2.11. The normalized spacial score (nSPS) is 18.1. The summed E-state index contributed by atoms with van der Waals surface area (Å²) in [4.78, 5) is 11.8. The van der Waals surface area contributed by atoms with Gasteiger partial charge < -0.3 is 20.5 Å². The summed E-state index contributed by atoms with van der Waals surface area (Å²) < 4.78 is 10.8. The predicted octanol–water partition coefficient (Wildman–Crippen LogP) is 1.96. The van der Waals surface area contributed by atoms with Gasteiger partial charge in [0.2, 0.25) is 5.91 Å². The molecule has 0 saturated carbocycles. The summed E-state index contributed by atoms with van der Waals surface area (Å²) in [5.74, 6) is 0.426. The van der Waals surface area contributed by atoms with E-state index in [0.29, 0.717) is 31.2 Å². The molecule has 1 aliphatic heterocycles. The molecule has 0 aliphatic carbocycles. The summed E-state index contributed by atoms with van der Waals surface area (Å²) in [6, 6.07) is 5.49. The number of ether oxygens (including phenoxy) is 2. The number of nitrogens with two attached hydrogens (primary N) is 1. The number of nitrogens with one attached hydrogen (secondary N) is 1. The van der Waals surface area contributed by atoms with E-state index in [1.807, 2.05) is 25.1 Å². The fraction of sp³-hybridized carbons (Fsp3) is 0.533. The summed E-state index contributed by atoms with van der Waals surface area (Å²) >= 11 is 0. The smallest absolute Gasteiger partial charge is 0.226 e. The summed E-state index contributed by atoms with van der Waals surface area (Å²) in [5, 5.41) is 2.86. The molecule has 1 unspecified atom stereocenters. The van der Waals surface area contributed by atoms with Crippen LogP contribution in [0.5, 0.6) is 0 Å². The molecule has 5 heteroatoms. The highest BCUT2D eigenvalue weighted by Gasteiger charge is 2.15. The van der Waals surface area contributed by atoms with Crippen LogP contribution in [0.4, 0.5) is 11.4 Å². The summed E-state index contributed by atoms with van der Waals surface area (Å²) in [7, 11) is 0. The molecular formula is C15H22N2O3. The fourth-order valence-electron chi connectivity index (χ4n) is 2.13. The van der Waals surface area contributed by atoms with Crippen LogP contribution >= 0.6 is 0 Å². The Morgan fingerprint density at radius 1 is 1.55 bits per heavy atom. The minimum Gasteiger partial charge on any atom is -0.398 e. The van der Waals surface area contributed by atoms with E-state index in [1.54, 1.807) is 0 Å². The lowest BCUT2D eigenvalue weighted by Crippen LogP contribution is -2.17. The Morgan fingerprint density at radius 2 is 2.40 bits per heavy atom. The van der Waals surface area contributed by atoms with Gasteiger partial charge in [0.1, 0.15) is 0 Å². The van der Waals surface area contributed by atoms with E-state index >= 15 is 0 Å². The van der Waals surface area contributed by atoms with Gasteiger partial charge in [0.25, 0.3) is 0 Å². The first kappa shape index (κ1) is 14.8. The number of nitrogen functional groups attached to an aromatic ring is 1. The second-order valence-corrected chi connectivity index (χ2v) is 5.12. The van der Waals surface area contributed by atoms with Crippen LogP contribution in [0, 0.1) is 12.8 Å². The molecule has 2 rings (SSSR count). The van der Waals surface area contributed by atoms with Gasteiger partial charge in [0.15, 0.2) is 0 Å². The number of amides is 1. The molecule has 0 aromatic heterocycles. The van der Waals surface area contributed by atoms with Crippen molar-refractivity contribution in [2.75, 3.05) is 37.5 Å². The number of carbonyl (C=O) groups excluding carboxylic acids is 1. The zero-order chi connectivity index (χ0) is 14.4. The van der Waals surface area contributed by atoms with Gasteiger partial charge in [-0.25, -0.2) is 0 Å². The van der Waals surface area contributed by atoms with Crippen LogP contribution in [0.3, 0.4) is 0 Å². The molecule has 0 spiro atoms. The first-order valence-corrected chi connectivity index (χ1v) is 6.97. The molecule has 1 atom stereocenters. The van der Waals surface area contributed by atoms with E-state index in [4.69, 9.17) is 15.2 Å². The highest BCUT2D eigenvalue weighted by molar-refractivity contribution is 5.92. The molecule has 20 heavy (non-hydrogen) atoms. The number of rotatable bonds is 6. The lowest BCUT2D eigenvalue weighted by molar-refractivity contribution is -0.117. The minimum absolute atomic E-state index is 0.0543. The van der Waals surface area contributed by atoms with Gasteiger partial charge in [0, 0.05) is 23.9 Å². The average Bonchev–Trinajstić information content (AvgIpc) is 2.93. The molecule has 1 saturated heterocycles. The van der Waals surface area contributed by atoms with Crippen LogP contribution in [0.15, 0.2) is 18.2 Å². The van der Waals surface area contributed by atoms with E-state index in [2.05, 4.69) is 5.32 Å². The van der Waals surface area contributed by atoms with E-state index < -0.39 is 0 Å². The number of hydrogen-bond donors (Lipinski definition) is 2. The SMILES string of the molecule is Cc1c(N)cccc1NC(=O)CCOCC1CCOC1. The van der Waals surface area contributed by atoms with Crippen molar-refractivity contribution in [3.63, 3.8) is 0 Å². The maximum Gasteiger partial charge on any atom is 0.226 e. The lowest BCUT2D eigenvalue weighted by atomic mass is 10.1. The molecule has 5 nitrogen and oxygen atoms in total. The quantitative estimate of drug-likeness (QED) is 0.616. The van der Waals surface area contributed by atoms with Gasteiger partial charge in [-0.2, -0.15) is 0 Å². The third kappa shape index (κ3) is 4.21. The van der Waals surface area contributed by atoms with Gasteiger partial charge >= 0.3 is 0 Å². The molecule has 1 aromatic rings. The van der Waals surface area contributed by atoms with Crippen molar-refractivity contribution in [3.8, 4) is 0 Å². The van der Waals surface area contributed by atoms with Crippen LogP contribution in [0.25, 0.3) is 0 Å². The van der Waals surface area contributed by atoms with Crippen molar-refractivity contribution in [2.24, 2.45) is 5.92 Å². The van der Waals surface area contributed by atoms with Crippen LogP contribution in [-0.2, 0) is 14.3 Å². The maximum atomic E-state index is 11.8. The first-order valence-electron chi connectivity index (χ1n) is 6.97. The minimum atomic E-state index is -0.0543. The van der Waals surface area contributed by atoms with Crippen LogP contribution in [0.1, 0.15) is 18.4 Å². The van der Waals surface area contributed by atoms with Crippen LogP contribution in [-0.4, -0.2) is 32.3 Å². The van der Waals surface area contributed by atoms with E-state index in [9.17, 15) is 4.79 Å². The van der Waals surface area contributed by atoms with Crippen LogP contribution in [0.2, 0.25) is 0 Å². The van der Waals surface area contributed by atoms with Gasteiger partial charge in [-0.3, -0.25) is 4.79 Å². The van der Waals surface area contributed by atoms with Crippen molar-refractivity contribution in [3.05, 3.63) is 23.8 Å². The first-order chi connectivity index (χ1) is 9.66. The second-order valence-electron chi connectivity index (χ2n) is 5.12. The molecule has 110 valence electrons. The van der Waals surface area contributed by atoms with Gasteiger partial charge in [-0.15, -0.1) is 0 Å². The Balaban J connectivity index is 1.68. The topological polar surface area (TPSA) is 73.6 Å². The predicted molar refractivity (Wildman–Crippen MR) is 78.6 cm³/mol. The van der Waals surface area contributed by atoms with Crippen molar-refractivity contribution < 1.29 is 14.3 Å². The summed E-state index contributed by atoms with van der Waals surface area (Å²) in [5.41, 5.74) is 8.14. The van der Waals surface area contributed by atoms with Crippen molar-refractivity contribution >= 4 is 17.3 Å². The molecule has 1 aliphatic rings. The van der Waals surface area contributed by atoms with Crippen molar-refractivity contribution in [2.45, 2.75) is 19.8 Å². The Bertz CT molecular complexity index is 456. The van der Waals surface area contributed by atoms with Crippen molar-refractivity contribution in [1.29, 1.82) is 0 Å². The Labute approximate surface area is 119 Å². The van der Waals surface area contributed by atoms with Gasteiger partial charge in [0.05, 0.1) is 26.2 Å². The zero-order valence-electron chi connectivity index (χ0n) is 11.9. The number of anilines is 2. The Morgan fingerprint density at radius 3 is 3.15 bits per heavy atom. The van der Waals surface area contributed by atoms with Crippen LogP contribution < -0.4 is 11.1 Å². The maximum absolute atomic E-state index is 11.8. The molecule has 1 heterocycles. The number of carbonyl (C=O) groups is 1. The molecular weight excluding hydrogens is 256 g/mol. The fourth-order valence-corrected chi connectivity index (χ4v) is 2.13. The Hall–Kier alpha value is -1.59. The molecule has 3 N–H and O–H groups in total. The molecule has 1 fully saturated rings. The monoisotopic (exact) mass is 278 g/mol. The second kappa shape index (κ2) is 7.26. The average molecular weight is 278 g/mol. The highest BCUT2D eigenvalue weighted by Crippen LogP contribution is 2.20. The van der Waals surface area contributed by atoms with Gasteiger partial charge in [-0.1, -0.05) is 6.07 Å². The molecule has 1 aromatic carbocycles. The third-order valence-electron chi connectivity index (χ3n) is 3.50. The van der Waals surface area contributed by atoms with Gasteiger partial charge in [-0.05, 0) is 31.0 Å². The number of benzene rings is 1.